The van der Waals surface area contributed by atoms with Crippen LogP contribution in [-0.4, -0.2) is 151 Å². The number of aryl methyl sites for hydroxylation is 2. The van der Waals surface area contributed by atoms with Crippen LogP contribution in [0.4, 0.5) is 0 Å². The van der Waals surface area contributed by atoms with Gasteiger partial charge in [-0.3, -0.25) is 9.69 Å². The van der Waals surface area contributed by atoms with E-state index in [4.69, 9.17) is 21.7 Å². The summed E-state index contributed by atoms with van der Waals surface area (Å²) < 4.78 is 0. The highest BCUT2D eigenvalue weighted by Crippen LogP contribution is 2.12. The van der Waals surface area contributed by atoms with Crippen LogP contribution in [0.5, 0.6) is 0 Å². The van der Waals surface area contributed by atoms with Gasteiger partial charge in [0.1, 0.15) is 24.4 Å². The van der Waals surface area contributed by atoms with E-state index in [0.717, 1.165) is 24.8 Å². The van der Waals surface area contributed by atoms with Gasteiger partial charge in [-0.2, -0.15) is 0 Å². The van der Waals surface area contributed by atoms with E-state index >= 15 is 0 Å². The van der Waals surface area contributed by atoms with Crippen LogP contribution in [0.15, 0.2) is 24.3 Å². The van der Waals surface area contributed by atoms with Crippen LogP contribution in [0.1, 0.15) is 43.2 Å². The van der Waals surface area contributed by atoms with E-state index in [2.05, 4.69) is 17.4 Å². The average Bonchev–Trinajstić information content (AvgIpc) is 2.99. The Hall–Kier alpha value is -1.79. The quantitative estimate of drug-likeness (QED) is 0.0466. The Morgan fingerprint density at radius 3 is 1.84 bits per heavy atom. The SMILES string of the molecule is NCCCCc1ccc(CCC(NCCCN(C[C@H](O)[C@@H](O)[C@H](O)[C@H](O)CO)C[C@H](O)[C@@H](O)[C@H](O)CCO)C(N)=O)cc1. The average molecular weight is 619 g/mol. The van der Waals surface area contributed by atoms with Crippen molar-refractivity contribution in [3.05, 3.63) is 35.4 Å². The number of nitrogens with one attached hydrogen (secondary N) is 1. The Bertz CT molecular complexity index is 868. The molecule has 0 bridgehead atoms. The number of carbonyl (C=O) groups is 1. The Kier molecular flexibility index (Phi) is 19.9. The molecule has 1 aromatic rings. The van der Waals surface area contributed by atoms with Crippen LogP contribution >= 0.6 is 0 Å². The van der Waals surface area contributed by atoms with Crippen molar-refractivity contribution >= 4 is 5.91 Å². The number of rotatable bonds is 25. The number of nitrogens with two attached hydrogens (primary N) is 2. The lowest BCUT2D eigenvalue weighted by Crippen LogP contribution is -2.52. The molecule has 0 aliphatic carbocycles. The first kappa shape index (κ1) is 39.2. The van der Waals surface area contributed by atoms with Gasteiger partial charge in [-0.15, -0.1) is 0 Å². The summed E-state index contributed by atoms with van der Waals surface area (Å²) >= 11 is 0. The number of hydrogen-bond acceptors (Lipinski definition) is 13. The Labute approximate surface area is 253 Å². The fourth-order valence-electron chi connectivity index (χ4n) is 4.71. The molecule has 14 N–H and O–H groups in total. The highest BCUT2D eigenvalue weighted by Gasteiger charge is 2.32. The first-order valence-corrected chi connectivity index (χ1v) is 15.0. The predicted octanol–water partition coefficient (Wildman–Crippen LogP) is -4.06. The zero-order chi connectivity index (χ0) is 32.4. The summed E-state index contributed by atoms with van der Waals surface area (Å²) in [5.41, 5.74) is 13.4. The summed E-state index contributed by atoms with van der Waals surface area (Å²) in [6, 6.07) is 7.58. The maximum atomic E-state index is 12.1. The predicted molar refractivity (Wildman–Crippen MR) is 160 cm³/mol. The lowest BCUT2D eigenvalue weighted by atomic mass is 10.0. The summed E-state index contributed by atoms with van der Waals surface area (Å²) in [6.07, 6.45) is -7.18. The molecule has 250 valence electrons. The Morgan fingerprint density at radius 1 is 0.744 bits per heavy atom. The van der Waals surface area contributed by atoms with Gasteiger partial charge in [-0.05, 0) is 75.7 Å². The summed E-state index contributed by atoms with van der Waals surface area (Å²) in [6.45, 7) is -0.629. The number of aliphatic hydroxyl groups is 9. The molecule has 0 spiro atoms. The van der Waals surface area contributed by atoms with Gasteiger partial charge in [0, 0.05) is 19.7 Å². The molecule has 0 saturated carbocycles. The smallest absolute Gasteiger partial charge is 0.234 e. The van der Waals surface area contributed by atoms with E-state index in [1.807, 2.05) is 12.1 Å². The van der Waals surface area contributed by atoms with Crippen LogP contribution in [0, 0.1) is 0 Å². The third-order valence-electron chi connectivity index (χ3n) is 7.48. The monoisotopic (exact) mass is 618 g/mol. The topological polar surface area (TPSA) is 266 Å². The van der Waals surface area contributed by atoms with E-state index < -0.39 is 67.9 Å². The maximum Gasteiger partial charge on any atom is 0.234 e. The van der Waals surface area contributed by atoms with Crippen LogP contribution < -0.4 is 16.8 Å². The number of benzene rings is 1. The number of nitrogens with zero attached hydrogens (tertiary/aromatic N) is 1. The minimum atomic E-state index is -1.84. The molecule has 8 atom stereocenters. The molecule has 1 rings (SSSR count). The van der Waals surface area contributed by atoms with Gasteiger partial charge in [0.25, 0.3) is 0 Å². The molecule has 14 nitrogen and oxygen atoms in total. The van der Waals surface area contributed by atoms with Gasteiger partial charge in [0.05, 0.1) is 31.0 Å². The summed E-state index contributed by atoms with van der Waals surface area (Å²) in [5, 5.41) is 91.9. The van der Waals surface area contributed by atoms with Crippen molar-refractivity contribution in [3.63, 3.8) is 0 Å². The molecule has 1 amide bonds. The minimum absolute atomic E-state index is 0.165. The van der Waals surface area contributed by atoms with E-state index in [0.29, 0.717) is 32.4 Å². The maximum absolute atomic E-state index is 12.1. The number of amides is 1. The largest absolute Gasteiger partial charge is 0.396 e. The highest BCUT2D eigenvalue weighted by molar-refractivity contribution is 5.79. The van der Waals surface area contributed by atoms with E-state index in [9.17, 15) is 40.5 Å². The molecule has 0 aliphatic rings. The van der Waals surface area contributed by atoms with Gasteiger partial charge in [-0.25, -0.2) is 0 Å². The number of primary amides is 1. The summed E-state index contributed by atoms with van der Waals surface area (Å²) in [7, 11) is 0. The number of carbonyl (C=O) groups excluding carboxylic acids is 1. The van der Waals surface area contributed by atoms with E-state index in [1.54, 1.807) is 0 Å². The molecule has 43 heavy (non-hydrogen) atoms. The molecule has 1 aromatic carbocycles. The summed E-state index contributed by atoms with van der Waals surface area (Å²) in [5.74, 6) is -0.512. The Balaban J connectivity index is 2.73. The second-order valence-electron chi connectivity index (χ2n) is 11.1. The second kappa shape index (κ2) is 21.8. The van der Waals surface area contributed by atoms with Crippen LogP contribution in [0.3, 0.4) is 0 Å². The Morgan fingerprint density at radius 2 is 1.30 bits per heavy atom. The molecular weight excluding hydrogens is 564 g/mol. The molecule has 14 heteroatoms. The van der Waals surface area contributed by atoms with Crippen molar-refractivity contribution < 1.29 is 50.8 Å². The van der Waals surface area contributed by atoms with Gasteiger partial charge in [0.2, 0.25) is 5.91 Å². The van der Waals surface area contributed by atoms with Crippen LogP contribution in [0.2, 0.25) is 0 Å². The molecule has 0 radical (unpaired) electrons. The molecule has 1 unspecified atom stereocenters. The van der Waals surface area contributed by atoms with Crippen LogP contribution in [0.25, 0.3) is 0 Å². The first-order chi connectivity index (χ1) is 20.4. The van der Waals surface area contributed by atoms with Crippen molar-refractivity contribution in [1.82, 2.24) is 10.2 Å². The van der Waals surface area contributed by atoms with Crippen molar-refractivity contribution in [2.24, 2.45) is 11.5 Å². The standard InChI is InChI=1S/C29H54N4O10/c30-12-2-1-4-19-5-7-20(8-6-19)9-10-21(29(31)43)32-13-3-14-33(16-23(37)26(40)22(36)11-15-34)17-24(38)27(41)28(42)25(39)18-35/h5-8,21-28,32,34-42H,1-4,9-18,30H2,(H2,31,43)/t21?,22-,23+,24+,25-,26+,27-,28-/m1/s1. The lowest BCUT2D eigenvalue weighted by molar-refractivity contribution is -0.123. The van der Waals surface area contributed by atoms with Gasteiger partial charge in [0.15, 0.2) is 0 Å². The molecule has 0 saturated heterocycles. The lowest BCUT2D eigenvalue weighted by Gasteiger charge is -2.33. The van der Waals surface area contributed by atoms with Crippen molar-refractivity contribution in [2.75, 3.05) is 45.9 Å². The van der Waals surface area contributed by atoms with Gasteiger partial charge < -0.3 is 62.7 Å². The van der Waals surface area contributed by atoms with Crippen molar-refractivity contribution in [3.8, 4) is 0 Å². The summed E-state index contributed by atoms with van der Waals surface area (Å²) in [4.78, 5) is 13.5. The molecule has 0 aliphatic heterocycles. The second-order valence-corrected chi connectivity index (χ2v) is 11.1. The molecule has 0 aromatic heterocycles. The minimum Gasteiger partial charge on any atom is -0.396 e. The van der Waals surface area contributed by atoms with E-state index in [1.165, 1.54) is 10.5 Å². The first-order valence-electron chi connectivity index (χ1n) is 15.0. The van der Waals surface area contributed by atoms with Crippen LogP contribution in [-0.2, 0) is 17.6 Å². The third kappa shape index (κ3) is 15.2. The van der Waals surface area contributed by atoms with Gasteiger partial charge in [-0.1, -0.05) is 24.3 Å². The number of hydrogen-bond donors (Lipinski definition) is 12. The number of aliphatic hydroxyl groups excluding tert-OH is 9. The molecule has 0 heterocycles. The fourth-order valence-corrected chi connectivity index (χ4v) is 4.71. The van der Waals surface area contributed by atoms with Gasteiger partial charge >= 0.3 is 0 Å². The van der Waals surface area contributed by atoms with Crippen molar-refractivity contribution in [1.29, 1.82) is 0 Å². The highest BCUT2D eigenvalue weighted by atomic mass is 16.4. The number of unbranched alkanes of at least 4 members (excludes halogenated alkanes) is 1. The third-order valence-corrected chi connectivity index (χ3v) is 7.48. The van der Waals surface area contributed by atoms with E-state index in [-0.39, 0.29) is 26.1 Å². The van der Waals surface area contributed by atoms with Crippen molar-refractivity contribution in [2.45, 2.75) is 93.7 Å². The zero-order valence-corrected chi connectivity index (χ0v) is 24.9. The fraction of sp³-hybridized carbons (Fsp3) is 0.759. The zero-order valence-electron chi connectivity index (χ0n) is 24.9. The molecular formula is C29H54N4O10. The normalized spacial score (nSPS) is 17.7. The molecule has 0 fully saturated rings.